The van der Waals surface area contributed by atoms with Crippen molar-refractivity contribution in [1.29, 1.82) is 0 Å². The molecule has 4 rings (SSSR count). The monoisotopic (exact) mass is 422 g/mol. The summed E-state index contributed by atoms with van der Waals surface area (Å²) < 4.78 is 6.54. The largest absolute Gasteiger partial charge is 0.497 e. The van der Waals surface area contributed by atoms with Gasteiger partial charge in [0, 0.05) is 31.0 Å². The van der Waals surface area contributed by atoms with Crippen LogP contribution in [0.5, 0.6) is 5.75 Å². The summed E-state index contributed by atoms with van der Waals surface area (Å²) in [5, 5.41) is 3.15. The third-order valence-corrected chi connectivity index (χ3v) is 5.53. The van der Waals surface area contributed by atoms with Crippen molar-refractivity contribution in [3.05, 3.63) is 47.1 Å². The Morgan fingerprint density at radius 1 is 1.23 bits per heavy atom. The average Bonchev–Trinajstić information content (AvgIpc) is 2.81. The molecule has 0 saturated carbocycles. The number of nitrogens with zero attached hydrogens (tertiary/aromatic N) is 5. The minimum absolute atomic E-state index is 0.301. The van der Waals surface area contributed by atoms with Crippen LogP contribution in [0.15, 0.2) is 41.6 Å². The molecule has 1 aromatic carbocycles. The standard InChI is InChI=1S/C22H26N6O3/c1-3-18(20(29)25-15-8-7-9-16(12-15)31-2)28-14-24-19-17(21(28)30)13-23-22(26-19)27-10-5-4-6-11-27/h7-9,12-14,18H,3-6,10-11H2,1-2H3,(H,25,29)/t18-/m1/s1. The highest BCUT2D eigenvalue weighted by molar-refractivity contribution is 5.94. The lowest BCUT2D eigenvalue weighted by molar-refractivity contribution is -0.119. The lowest BCUT2D eigenvalue weighted by Gasteiger charge is -2.26. The number of aromatic nitrogens is 4. The number of ether oxygens (including phenoxy) is 1. The molecule has 0 aliphatic carbocycles. The van der Waals surface area contributed by atoms with Crippen molar-refractivity contribution in [3.8, 4) is 5.75 Å². The van der Waals surface area contributed by atoms with Crippen LogP contribution in [0.3, 0.4) is 0 Å². The zero-order valence-electron chi connectivity index (χ0n) is 17.7. The van der Waals surface area contributed by atoms with Crippen LogP contribution in [0.1, 0.15) is 38.6 Å². The van der Waals surface area contributed by atoms with Gasteiger partial charge in [-0.2, -0.15) is 4.98 Å². The van der Waals surface area contributed by atoms with Gasteiger partial charge in [0.05, 0.1) is 7.11 Å². The van der Waals surface area contributed by atoms with E-state index in [1.807, 2.05) is 6.92 Å². The van der Waals surface area contributed by atoms with Crippen LogP contribution in [-0.2, 0) is 4.79 Å². The van der Waals surface area contributed by atoms with E-state index in [1.54, 1.807) is 31.4 Å². The zero-order valence-corrected chi connectivity index (χ0v) is 17.7. The average molecular weight is 422 g/mol. The first kappa shape index (κ1) is 20.8. The summed E-state index contributed by atoms with van der Waals surface area (Å²) in [6.07, 6.45) is 6.77. The Labute approximate surface area is 180 Å². The number of carbonyl (C=O) groups excluding carboxylic acids is 1. The Morgan fingerprint density at radius 3 is 2.77 bits per heavy atom. The van der Waals surface area contributed by atoms with Crippen molar-refractivity contribution in [2.24, 2.45) is 0 Å². The third-order valence-electron chi connectivity index (χ3n) is 5.53. The molecular formula is C22H26N6O3. The molecule has 1 aliphatic heterocycles. The lowest BCUT2D eigenvalue weighted by atomic mass is 10.1. The molecule has 3 heterocycles. The van der Waals surface area contributed by atoms with Gasteiger partial charge in [-0.05, 0) is 37.8 Å². The van der Waals surface area contributed by atoms with E-state index in [-0.39, 0.29) is 11.5 Å². The van der Waals surface area contributed by atoms with Crippen LogP contribution < -0.4 is 20.5 Å². The molecule has 9 heteroatoms. The van der Waals surface area contributed by atoms with E-state index in [0.717, 1.165) is 25.9 Å². The Kier molecular flexibility index (Phi) is 6.11. The Morgan fingerprint density at radius 2 is 2.03 bits per heavy atom. The Bertz CT molecular complexity index is 1140. The van der Waals surface area contributed by atoms with E-state index in [9.17, 15) is 9.59 Å². The summed E-state index contributed by atoms with van der Waals surface area (Å²) in [7, 11) is 1.56. The minimum Gasteiger partial charge on any atom is -0.497 e. The number of piperidine rings is 1. The molecule has 0 radical (unpaired) electrons. The molecule has 1 aliphatic rings. The first-order valence-electron chi connectivity index (χ1n) is 10.5. The van der Waals surface area contributed by atoms with Crippen molar-refractivity contribution in [2.75, 3.05) is 30.4 Å². The number of amides is 1. The molecule has 1 N–H and O–H groups in total. The summed E-state index contributed by atoms with van der Waals surface area (Å²) in [6, 6.07) is 6.36. The van der Waals surface area contributed by atoms with Gasteiger partial charge in [-0.1, -0.05) is 13.0 Å². The number of benzene rings is 1. The molecule has 1 fully saturated rings. The molecule has 162 valence electrons. The molecule has 1 saturated heterocycles. The summed E-state index contributed by atoms with van der Waals surface area (Å²) in [4.78, 5) is 41.4. The van der Waals surface area contributed by atoms with Crippen molar-refractivity contribution in [3.63, 3.8) is 0 Å². The second-order valence-electron chi connectivity index (χ2n) is 7.56. The molecule has 1 atom stereocenters. The van der Waals surface area contributed by atoms with Gasteiger partial charge < -0.3 is 15.0 Å². The van der Waals surface area contributed by atoms with Crippen molar-refractivity contribution in [2.45, 2.75) is 38.6 Å². The summed E-state index contributed by atoms with van der Waals surface area (Å²) >= 11 is 0. The fraction of sp³-hybridized carbons (Fsp3) is 0.409. The summed E-state index contributed by atoms with van der Waals surface area (Å²) in [5.41, 5.74) is 0.613. The van der Waals surface area contributed by atoms with Crippen molar-refractivity contribution in [1.82, 2.24) is 19.5 Å². The Balaban J connectivity index is 1.61. The lowest BCUT2D eigenvalue weighted by Crippen LogP contribution is -2.34. The normalized spacial score (nSPS) is 15.0. The van der Waals surface area contributed by atoms with Crippen LogP contribution in [0.25, 0.3) is 11.0 Å². The van der Waals surface area contributed by atoms with Gasteiger partial charge in [0.15, 0.2) is 5.65 Å². The maximum atomic E-state index is 13.1. The highest BCUT2D eigenvalue weighted by Gasteiger charge is 2.22. The topological polar surface area (TPSA) is 102 Å². The molecular weight excluding hydrogens is 396 g/mol. The van der Waals surface area contributed by atoms with E-state index < -0.39 is 6.04 Å². The van der Waals surface area contributed by atoms with Crippen LogP contribution in [0, 0.1) is 0 Å². The first-order chi connectivity index (χ1) is 15.1. The van der Waals surface area contributed by atoms with Gasteiger partial charge in [-0.15, -0.1) is 0 Å². The number of hydrogen-bond acceptors (Lipinski definition) is 7. The van der Waals surface area contributed by atoms with E-state index in [4.69, 9.17) is 4.74 Å². The number of hydrogen-bond donors (Lipinski definition) is 1. The number of nitrogens with one attached hydrogen (secondary N) is 1. The van der Waals surface area contributed by atoms with Crippen LogP contribution >= 0.6 is 0 Å². The highest BCUT2D eigenvalue weighted by atomic mass is 16.5. The maximum Gasteiger partial charge on any atom is 0.265 e. The fourth-order valence-electron chi connectivity index (χ4n) is 3.82. The third kappa shape index (κ3) is 4.35. The molecule has 0 bridgehead atoms. The van der Waals surface area contributed by atoms with Crippen molar-refractivity contribution >= 4 is 28.6 Å². The van der Waals surface area contributed by atoms with Crippen molar-refractivity contribution < 1.29 is 9.53 Å². The second-order valence-corrected chi connectivity index (χ2v) is 7.56. The van der Waals surface area contributed by atoms with E-state index >= 15 is 0 Å². The number of methoxy groups -OCH3 is 1. The van der Waals surface area contributed by atoms with Gasteiger partial charge >= 0.3 is 0 Å². The predicted molar refractivity (Wildman–Crippen MR) is 119 cm³/mol. The van der Waals surface area contributed by atoms with E-state index in [1.165, 1.54) is 23.5 Å². The number of anilines is 2. The quantitative estimate of drug-likeness (QED) is 0.652. The summed E-state index contributed by atoms with van der Waals surface area (Å²) in [5.74, 6) is 0.932. The molecule has 31 heavy (non-hydrogen) atoms. The highest BCUT2D eigenvalue weighted by Crippen LogP contribution is 2.20. The van der Waals surface area contributed by atoms with Gasteiger partial charge in [0.2, 0.25) is 11.9 Å². The second kappa shape index (κ2) is 9.11. The molecule has 3 aromatic rings. The molecule has 2 aromatic heterocycles. The van der Waals surface area contributed by atoms with E-state index in [0.29, 0.717) is 34.8 Å². The van der Waals surface area contributed by atoms with Gasteiger partial charge in [0.25, 0.3) is 5.56 Å². The summed E-state index contributed by atoms with van der Waals surface area (Å²) in [6.45, 7) is 3.66. The van der Waals surface area contributed by atoms with Crippen LogP contribution in [0.4, 0.5) is 11.6 Å². The van der Waals surface area contributed by atoms with Gasteiger partial charge in [0.1, 0.15) is 23.5 Å². The molecule has 1 amide bonds. The number of rotatable bonds is 6. The minimum atomic E-state index is -0.711. The predicted octanol–water partition coefficient (Wildman–Crippen LogP) is 2.78. The Hall–Kier alpha value is -3.49. The van der Waals surface area contributed by atoms with E-state index in [2.05, 4.69) is 25.2 Å². The molecule has 9 nitrogen and oxygen atoms in total. The van der Waals surface area contributed by atoms with Gasteiger partial charge in [-0.25, -0.2) is 9.97 Å². The molecule has 0 spiro atoms. The number of carbonyl (C=O) groups is 1. The maximum absolute atomic E-state index is 13.1. The zero-order chi connectivity index (χ0) is 21.8. The smallest absolute Gasteiger partial charge is 0.265 e. The fourth-order valence-corrected chi connectivity index (χ4v) is 3.82. The van der Waals surface area contributed by atoms with Gasteiger partial charge in [-0.3, -0.25) is 14.2 Å². The van der Waals surface area contributed by atoms with Crippen LogP contribution in [-0.4, -0.2) is 45.6 Å². The molecule has 0 unspecified atom stereocenters. The SMILES string of the molecule is CC[C@H](C(=O)Nc1cccc(OC)c1)n1cnc2nc(N3CCCCC3)ncc2c1=O. The number of fused-ring (bicyclic) bond motifs is 1. The first-order valence-corrected chi connectivity index (χ1v) is 10.5. The van der Waals surface area contributed by atoms with Crippen LogP contribution in [0.2, 0.25) is 0 Å².